The van der Waals surface area contributed by atoms with Crippen molar-refractivity contribution in [1.82, 2.24) is 10.2 Å². The fourth-order valence-electron chi connectivity index (χ4n) is 3.10. The van der Waals surface area contributed by atoms with Crippen LogP contribution in [-0.2, 0) is 21.4 Å². The highest BCUT2D eigenvalue weighted by atomic mass is 32.2. The maximum atomic E-state index is 12.9. The van der Waals surface area contributed by atoms with Gasteiger partial charge in [0.1, 0.15) is 10.6 Å². The number of esters is 1. The number of nitrogens with zero attached hydrogens (tertiary/aromatic N) is 1. The Kier molecular flexibility index (Phi) is 9.28. The van der Waals surface area contributed by atoms with Crippen LogP contribution in [0.25, 0.3) is 0 Å². The van der Waals surface area contributed by atoms with Crippen LogP contribution in [0.3, 0.4) is 0 Å². The fraction of sp³-hybridized carbons (Fsp3) is 0.417. The van der Waals surface area contributed by atoms with E-state index in [-0.39, 0.29) is 22.2 Å². The maximum Gasteiger partial charge on any atom is 0.340 e. The Hall–Kier alpha value is -3.07. The smallest absolute Gasteiger partial charge is 0.340 e. The van der Waals surface area contributed by atoms with Gasteiger partial charge in [0, 0.05) is 19.6 Å². The number of carbonyl (C=O) groups is 2. The predicted octanol–water partition coefficient (Wildman–Crippen LogP) is 4.21. The van der Waals surface area contributed by atoms with Gasteiger partial charge in [-0.1, -0.05) is 38.1 Å². The molecule has 2 aromatic carbocycles. The van der Waals surface area contributed by atoms with Crippen molar-refractivity contribution in [2.45, 2.75) is 52.2 Å². The lowest BCUT2D eigenvalue weighted by Crippen LogP contribution is -2.41. The zero-order valence-electron chi connectivity index (χ0n) is 19.7. The standard InChI is InChI=1S/C24H32N2O6S/c1-6-25-24(28)26(15-17(2)3)16-19-11-13-20(14-12-19)32-33(29,30)22-10-8-7-9-21(22)23(27)31-18(4)5/h7-14,17-18H,6,15-16H2,1-5H3,(H,25,28). The van der Waals surface area contributed by atoms with E-state index in [4.69, 9.17) is 8.92 Å². The molecule has 0 aliphatic carbocycles. The van der Waals surface area contributed by atoms with Gasteiger partial charge in [-0.05, 0) is 56.5 Å². The van der Waals surface area contributed by atoms with Crippen LogP contribution in [0.4, 0.5) is 4.79 Å². The molecule has 0 aliphatic heterocycles. The number of benzene rings is 2. The summed E-state index contributed by atoms with van der Waals surface area (Å²) >= 11 is 0. The van der Waals surface area contributed by atoms with E-state index in [1.54, 1.807) is 36.9 Å². The topological polar surface area (TPSA) is 102 Å². The molecule has 0 heterocycles. The summed E-state index contributed by atoms with van der Waals surface area (Å²) in [5, 5.41) is 2.80. The number of hydrogen-bond donors (Lipinski definition) is 1. The summed E-state index contributed by atoms with van der Waals surface area (Å²) < 4.78 is 36.1. The van der Waals surface area contributed by atoms with E-state index in [1.807, 2.05) is 20.8 Å². The van der Waals surface area contributed by atoms with Crippen molar-refractivity contribution in [3.63, 3.8) is 0 Å². The van der Waals surface area contributed by atoms with Gasteiger partial charge in [0.15, 0.2) is 0 Å². The zero-order valence-corrected chi connectivity index (χ0v) is 20.5. The second-order valence-corrected chi connectivity index (χ2v) is 9.76. The molecule has 0 aliphatic rings. The van der Waals surface area contributed by atoms with E-state index in [2.05, 4.69) is 5.32 Å². The Bertz CT molecular complexity index is 1050. The van der Waals surface area contributed by atoms with Crippen LogP contribution in [-0.4, -0.2) is 44.5 Å². The number of urea groups is 1. The fourth-order valence-corrected chi connectivity index (χ4v) is 4.22. The minimum absolute atomic E-state index is 0.0888. The van der Waals surface area contributed by atoms with Crippen molar-refractivity contribution >= 4 is 22.1 Å². The molecule has 0 unspecified atom stereocenters. The van der Waals surface area contributed by atoms with E-state index in [0.29, 0.717) is 25.6 Å². The summed E-state index contributed by atoms with van der Waals surface area (Å²) in [7, 11) is -4.27. The summed E-state index contributed by atoms with van der Waals surface area (Å²) in [5.74, 6) is -0.347. The first-order chi connectivity index (χ1) is 15.5. The first kappa shape index (κ1) is 26.2. The van der Waals surface area contributed by atoms with Crippen molar-refractivity contribution in [2.24, 2.45) is 5.92 Å². The van der Waals surface area contributed by atoms with Crippen molar-refractivity contribution in [3.8, 4) is 5.75 Å². The highest BCUT2D eigenvalue weighted by Gasteiger charge is 2.25. The molecule has 0 spiro atoms. The largest absolute Gasteiger partial charge is 0.459 e. The molecule has 0 saturated heterocycles. The van der Waals surface area contributed by atoms with Crippen LogP contribution in [0.5, 0.6) is 5.75 Å². The molecule has 0 bridgehead atoms. The second-order valence-electron chi connectivity index (χ2n) is 8.24. The molecule has 9 heteroatoms. The van der Waals surface area contributed by atoms with Gasteiger partial charge >= 0.3 is 22.1 Å². The summed E-state index contributed by atoms with van der Waals surface area (Å²) in [5.41, 5.74) is 0.738. The van der Waals surface area contributed by atoms with Gasteiger partial charge < -0.3 is 19.1 Å². The van der Waals surface area contributed by atoms with Crippen molar-refractivity contribution in [2.75, 3.05) is 13.1 Å². The van der Waals surface area contributed by atoms with Gasteiger partial charge in [-0.15, -0.1) is 0 Å². The number of ether oxygens (including phenoxy) is 1. The molecule has 8 nitrogen and oxygen atoms in total. The maximum absolute atomic E-state index is 12.9. The predicted molar refractivity (Wildman–Crippen MR) is 126 cm³/mol. The molecule has 2 aromatic rings. The van der Waals surface area contributed by atoms with E-state index >= 15 is 0 Å². The molecule has 180 valence electrons. The van der Waals surface area contributed by atoms with Crippen molar-refractivity contribution in [1.29, 1.82) is 0 Å². The average Bonchev–Trinajstić information content (AvgIpc) is 2.74. The third-order valence-electron chi connectivity index (χ3n) is 4.42. The summed E-state index contributed by atoms with van der Waals surface area (Å²) in [4.78, 5) is 26.1. The van der Waals surface area contributed by atoms with Crippen molar-refractivity contribution < 1.29 is 26.9 Å². The number of rotatable bonds is 10. The minimum atomic E-state index is -4.27. The van der Waals surface area contributed by atoms with Gasteiger partial charge in [0.05, 0.1) is 11.7 Å². The highest BCUT2D eigenvalue weighted by molar-refractivity contribution is 7.87. The third kappa shape index (κ3) is 7.78. The molecular formula is C24H32N2O6S. The molecule has 2 amide bonds. The van der Waals surface area contributed by atoms with Gasteiger partial charge in [0.25, 0.3) is 0 Å². The van der Waals surface area contributed by atoms with Crippen molar-refractivity contribution in [3.05, 3.63) is 59.7 Å². The van der Waals surface area contributed by atoms with Crippen LogP contribution < -0.4 is 9.50 Å². The lowest BCUT2D eigenvalue weighted by atomic mass is 10.1. The molecular weight excluding hydrogens is 444 g/mol. The Morgan fingerprint density at radius 3 is 2.21 bits per heavy atom. The monoisotopic (exact) mass is 476 g/mol. The molecule has 0 aromatic heterocycles. The zero-order chi connectivity index (χ0) is 24.6. The SMILES string of the molecule is CCNC(=O)N(Cc1ccc(OS(=O)(=O)c2ccccc2C(=O)OC(C)C)cc1)CC(C)C. The molecule has 0 atom stereocenters. The van der Waals surface area contributed by atoms with Gasteiger partial charge in [-0.3, -0.25) is 0 Å². The number of carbonyl (C=O) groups excluding carboxylic acids is 2. The molecule has 0 radical (unpaired) electrons. The lowest BCUT2D eigenvalue weighted by molar-refractivity contribution is 0.0373. The Morgan fingerprint density at radius 1 is 1.00 bits per heavy atom. The average molecular weight is 477 g/mol. The molecule has 2 rings (SSSR count). The van der Waals surface area contributed by atoms with Crippen LogP contribution in [0.1, 0.15) is 50.5 Å². The van der Waals surface area contributed by atoms with Crippen LogP contribution in [0.15, 0.2) is 53.4 Å². The molecule has 0 saturated carbocycles. The van der Waals surface area contributed by atoms with E-state index in [9.17, 15) is 18.0 Å². The van der Waals surface area contributed by atoms with Crippen LogP contribution in [0.2, 0.25) is 0 Å². The summed E-state index contributed by atoms with van der Waals surface area (Å²) in [6.45, 7) is 10.8. The molecule has 33 heavy (non-hydrogen) atoms. The minimum Gasteiger partial charge on any atom is -0.459 e. The van der Waals surface area contributed by atoms with Gasteiger partial charge in [0.2, 0.25) is 0 Å². The highest BCUT2D eigenvalue weighted by Crippen LogP contribution is 2.23. The summed E-state index contributed by atoms with van der Waals surface area (Å²) in [6.07, 6.45) is -0.392. The lowest BCUT2D eigenvalue weighted by Gasteiger charge is -2.25. The first-order valence-corrected chi connectivity index (χ1v) is 12.3. The number of hydrogen-bond acceptors (Lipinski definition) is 6. The van der Waals surface area contributed by atoms with E-state index in [0.717, 1.165) is 5.56 Å². The van der Waals surface area contributed by atoms with Gasteiger partial charge in [-0.2, -0.15) is 8.42 Å². The van der Waals surface area contributed by atoms with E-state index < -0.39 is 22.2 Å². The normalized spacial score (nSPS) is 11.4. The Labute approximate surface area is 196 Å². The quantitative estimate of drug-likeness (QED) is 0.407. The molecule has 0 fully saturated rings. The number of amides is 2. The van der Waals surface area contributed by atoms with Crippen LogP contribution in [0, 0.1) is 5.92 Å². The van der Waals surface area contributed by atoms with E-state index in [1.165, 1.54) is 30.3 Å². The first-order valence-electron chi connectivity index (χ1n) is 10.9. The molecule has 1 N–H and O–H groups in total. The summed E-state index contributed by atoms with van der Waals surface area (Å²) in [6, 6.07) is 12.1. The third-order valence-corrected chi connectivity index (χ3v) is 5.73. The Morgan fingerprint density at radius 2 is 1.64 bits per heavy atom. The number of nitrogens with one attached hydrogen (secondary N) is 1. The second kappa shape index (κ2) is 11.7. The van der Waals surface area contributed by atoms with Gasteiger partial charge in [-0.25, -0.2) is 9.59 Å². The van der Waals surface area contributed by atoms with Crippen LogP contribution >= 0.6 is 0 Å². The Balaban J connectivity index is 2.19.